The van der Waals surface area contributed by atoms with Crippen molar-refractivity contribution in [3.8, 4) is 0 Å². The van der Waals surface area contributed by atoms with Gasteiger partial charge in [0.2, 0.25) is 5.91 Å². The van der Waals surface area contributed by atoms with Crippen molar-refractivity contribution in [1.29, 1.82) is 0 Å². The number of amidine groups is 1. The molecule has 0 spiro atoms. The summed E-state index contributed by atoms with van der Waals surface area (Å²) in [6, 6.07) is 0.109. The molecule has 1 unspecified atom stereocenters. The predicted molar refractivity (Wildman–Crippen MR) is 54.6 cm³/mol. The van der Waals surface area contributed by atoms with Crippen LogP contribution >= 0.6 is 0 Å². The fourth-order valence-electron chi connectivity index (χ4n) is 1.61. The Bertz CT molecular complexity index is 255. The van der Waals surface area contributed by atoms with Crippen LogP contribution in [0.25, 0.3) is 0 Å². The number of hydrogen-bond acceptors (Lipinski definition) is 4. The van der Waals surface area contributed by atoms with Crippen LogP contribution in [0.3, 0.4) is 0 Å². The maximum Gasteiger partial charge on any atom is 0.230 e. The van der Waals surface area contributed by atoms with Crippen LogP contribution < -0.4 is 5.73 Å². The molecule has 0 bridgehead atoms. The second-order valence-corrected chi connectivity index (χ2v) is 3.49. The maximum absolute atomic E-state index is 11.7. The van der Waals surface area contributed by atoms with Gasteiger partial charge in [0.15, 0.2) is 0 Å². The third-order valence-corrected chi connectivity index (χ3v) is 2.48. The lowest BCUT2D eigenvalue weighted by atomic mass is 10.1. The molecule has 6 heteroatoms. The molecule has 0 aliphatic carbocycles. The number of morpholine rings is 1. The molecule has 1 amide bonds. The Kier molecular flexibility index (Phi) is 4.36. The van der Waals surface area contributed by atoms with Gasteiger partial charge in [-0.3, -0.25) is 4.79 Å². The average Bonchev–Trinajstić information content (AvgIpc) is 2.28. The highest BCUT2D eigenvalue weighted by atomic mass is 16.5. The Morgan fingerprint density at radius 1 is 1.73 bits per heavy atom. The average molecular weight is 215 g/mol. The van der Waals surface area contributed by atoms with Crippen molar-refractivity contribution >= 4 is 11.7 Å². The summed E-state index contributed by atoms with van der Waals surface area (Å²) in [5, 5.41) is 11.2. The molecule has 0 saturated carbocycles. The lowest BCUT2D eigenvalue weighted by Crippen LogP contribution is -2.49. The zero-order valence-corrected chi connectivity index (χ0v) is 8.85. The Morgan fingerprint density at radius 2 is 2.47 bits per heavy atom. The number of hydrogen-bond donors (Lipinski definition) is 2. The molecule has 1 aliphatic rings. The smallest absolute Gasteiger partial charge is 0.230 e. The summed E-state index contributed by atoms with van der Waals surface area (Å²) in [6.07, 6.45) is 0.814. The van der Waals surface area contributed by atoms with Crippen molar-refractivity contribution in [2.24, 2.45) is 10.9 Å². The molecule has 0 aromatic rings. The minimum atomic E-state index is -0.111. The van der Waals surface area contributed by atoms with Gasteiger partial charge in [0, 0.05) is 6.54 Å². The number of amides is 1. The molecule has 1 atom stereocenters. The van der Waals surface area contributed by atoms with Crippen molar-refractivity contribution < 1.29 is 14.7 Å². The van der Waals surface area contributed by atoms with E-state index in [4.69, 9.17) is 15.7 Å². The van der Waals surface area contributed by atoms with Crippen LogP contribution in [0.2, 0.25) is 0 Å². The first-order valence-corrected chi connectivity index (χ1v) is 5.02. The molecule has 1 aliphatic heterocycles. The summed E-state index contributed by atoms with van der Waals surface area (Å²) in [4.78, 5) is 13.5. The molecular formula is C9H17N3O3. The van der Waals surface area contributed by atoms with E-state index in [0.717, 1.165) is 6.42 Å². The Morgan fingerprint density at radius 3 is 3.07 bits per heavy atom. The Labute approximate surface area is 88.7 Å². The number of carbonyl (C=O) groups is 1. The first-order chi connectivity index (χ1) is 7.19. The molecule has 0 radical (unpaired) electrons. The van der Waals surface area contributed by atoms with Crippen molar-refractivity contribution in [3.63, 3.8) is 0 Å². The molecule has 6 nitrogen and oxygen atoms in total. The summed E-state index contributed by atoms with van der Waals surface area (Å²) >= 11 is 0. The molecule has 0 aromatic heterocycles. The molecule has 3 N–H and O–H groups in total. The SMILES string of the molecule is CCC1COCCN1C(=O)C/C(N)=N/O. The van der Waals surface area contributed by atoms with Gasteiger partial charge in [-0.1, -0.05) is 12.1 Å². The van der Waals surface area contributed by atoms with E-state index in [1.165, 1.54) is 0 Å². The quantitative estimate of drug-likeness (QED) is 0.294. The van der Waals surface area contributed by atoms with Crippen LogP contribution in [-0.4, -0.2) is 47.7 Å². The molecule has 1 fully saturated rings. The van der Waals surface area contributed by atoms with E-state index in [1.807, 2.05) is 6.92 Å². The summed E-state index contributed by atoms with van der Waals surface area (Å²) in [5.74, 6) is -0.165. The first kappa shape index (κ1) is 11.8. The molecule has 1 heterocycles. The lowest BCUT2D eigenvalue weighted by Gasteiger charge is -2.35. The highest BCUT2D eigenvalue weighted by Gasteiger charge is 2.26. The van der Waals surface area contributed by atoms with Crippen LogP contribution in [0.1, 0.15) is 19.8 Å². The molecule has 1 saturated heterocycles. The number of ether oxygens (including phenoxy) is 1. The zero-order valence-electron chi connectivity index (χ0n) is 8.85. The highest BCUT2D eigenvalue weighted by molar-refractivity contribution is 5.98. The highest BCUT2D eigenvalue weighted by Crippen LogP contribution is 2.11. The van der Waals surface area contributed by atoms with E-state index in [2.05, 4.69) is 5.16 Å². The zero-order chi connectivity index (χ0) is 11.3. The number of nitrogens with zero attached hydrogens (tertiary/aromatic N) is 2. The fourth-order valence-corrected chi connectivity index (χ4v) is 1.61. The van der Waals surface area contributed by atoms with Crippen LogP contribution in [0.15, 0.2) is 5.16 Å². The van der Waals surface area contributed by atoms with Crippen LogP contribution in [0.4, 0.5) is 0 Å². The van der Waals surface area contributed by atoms with Crippen molar-refractivity contribution in [3.05, 3.63) is 0 Å². The molecule has 15 heavy (non-hydrogen) atoms. The van der Waals surface area contributed by atoms with Gasteiger partial charge in [-0.25, -0.2) is 0 Å². The predicted octanol–water partition coefficient (Wildman–Crippen LogP) is -0.240. The maximum atomic E-state index is 11.7. The van der Waals surface area contributed by atoms with Gasteiger partial charge in [-0.15, -0.1) is 0 Å². The second kappa shape index (κ2) is 5.55. The summed E-state index contributed by atoms with van der Waals surface area (Å²) < 4.78 is 5.28. The lowest BCUT2D eigenvalue weighted by molar-refractivity contribution is -0.138. The number of oxime groups is 1. The number of nitrogens with two attached hydrogens (primary N) is 1. The molecule has 0 aromatic carbocycles. The minimum absolute atomic E-state index is 0.0347. The summed E-state index contributed by atoms with van der Waals surface area (Å²) in [7, 11) is 0. The van der Waals surface area contributed by atoms with Gasteiger partial charge in [0.1, 0.15) is 5.84 Å². The van der Waals surface area contributed by atoms with E-state index < -0.39 is 0 Å². The normalized spacial score (nSPS) is 22.9. The standard InChI is InChI=1S/C9H17N3O3/c1-2-7-6-15-4-3-12(7)9(13)5-8(10)11-14/h7,14H,2-6H2,1H3,(H2,10,11). The van der Waals surface area contributed by atoms with Gasteiger partial charge >= 0.3 is 0 Å². The molecule has 86 valence electrons. The minimum Gasteiger partial charge on any atom is -0.409 e. The van der Waals surface area contributed by atoms with E-state index in [0.29, 0.717) is 19.8 Å². The van der Waals surface area contributed by atoms with Crippen LogP contribution in [0, 0.1) is 0 Å². The van der Waals surface area contributed by atoms with Gasteiger partial charge < -0.3 is 20.6 Å². The summed E-state index contributed by atoms with van der Waals surface area (Å²) in [5.41, 5.74) is 5.29. The van der Waals surface area contributed by atoms with Crippen molar-refractivity contribution in [2.45, 2.75) is 25.8 Å². The largest absolute Gasteiger partial charge is 0.409 e. The van der Waals surface area contributed by atoms with E-state index >= 15 is 0 Å². The second-order valence-electron chi connectivity index (χ2n) is 3.49. The Balaban J connectivity index is 2.56. The van der Waals surface area contributed by atoms with E-state index in [1.54, 1.807) is 4.90 Å². The first-order valence-electron chi connectivity index (χ1n) is 5.02. The van der Waals surface area contributed by atoms with Crippen molar-refractivity contribution in [2.75, 3.05) is 19.8 Å². The van der Waals surface area contributed by atoms with E-state index in [-0.39, 0.29) is 24.2 Å². The monoisotopic (exact) mass is 215 g/mol. The third kappa shape index (κ3) is 3.09. The van der Waals surface area contributed by atoms with Gasteiger partial charge in [0.05, 0.1) is 25.7 Å². The van der Waals surface area contributed by atoms with Gasteiger partial charge in [0.25, 0.3) is 0 Å². The number of rotatable bonds is 3. The molecule has 1 rings (SSSR count). The number of carbonyl (C=O) groups excluding carboxylic acids is 1. The Hall–Kier alpha value is -1.30. The molecular weight excluding hydrogens is 198 g/mol. The van der Waals surface area contributed by atoms with Gasteiger partial charge in [-0.05, 0) is 6.42 Å². The van der Waals surface area contributed by atoms with Crippen molar-refractivity contribution in [1.82, 2.24) is 4.90 Å². The third-order valence-electron chi connectivity index (χ3n) is 2.48. The van der Waals surface area contributed by atoms with Crippen LogP contribution in [0.5, 0.6) is 0 Å². The van der Waals surface area contributed by atoms with E-state index in [9.17, 15) is 4.79 Å². The topological polar surface area (TPSA) is 88.2 Å². The summed E-state index contributed by atoms with van der Waals surface area (Å²) in [6.45, 7) is 3.70. The fraction of sp³-hybridized carbons (Fsp3) is 0.778. The van der Waals surface area contributed by atoms with Gasteiger partial charge in [-0.2, -0.15) is 0 Å². The van der Waals surface area contributed by atoms with Crippen LogP contribution in [-0.2, 0) is 9.53 Å².